The number of rotatable bonds is 1. The second-order valence-electron chi connectivity index (χ2n) is 3.25. The van der Waals surface area contributed by atoms with E-state index in [9.17, 15) is 10.2 Å². The quantitative estimate of drug-likeness (QED) is 0.390. The minimum Gasteiger partial charge on any atom is -0.494 e. The molecule has 6 N–H and O–H groups in total. The van der Waals surface area contributed by atoms with Gasteiger partial charge in [0.25, 0.3) is 0 Å². The molecule has 0 radical (unpaired) electrons. The number of hydrogen-bond donors (Lipinski definition) is 5. The Morgan fingerprint density at radius 1 is 1.53 bits per heavy atom. The Hall–Kier alpha value is -2.05. The minimum atomic E-state index is -0.410. The highest BCUT2D eigenvalue weighted by Gasteiger charge is 2.31. The lowest BCUT2D eigenvalue weighted by Gasteiger charge is -2.35. The van der Waals surface area contributed by atoms with Crippen LogP contribution in [0.1, 0.15) is 6.92 Å². The highest BCUT2D eigenvalue weighted by atomic mass is 16.3. The number of nitrogens with one attached hydrogen (secondary N) is 2. The van der Waals surface area contributed by atoms with Gasteiger partial charge >= 0.3 is 0 Å². The molecule has 82 valence electrons. The fourth-order valence-corrected chi connectivity index (χ4v) is 1.57. The zero-order valence-electron chi connectivity index (χ0n) is 8.23. The van der Waals surface area contributed by atoms with Crippen LogP contribution >= 0.6 is 0 Å². The molecule has 7 nitrogen and oxygen atoms in total. The molecule has 0 bridgehead atoms. The van der Waals surface area contributed by atoms with Crippen molar-refractivity contribution in [3.63, 3.8) is 0 Å². The summed E-state index contributed by atoms with van der Waals surface area (Å²) in [5.74, 6) is -0.00555. The van der Waals surface area contributed by atoms with Gasteiger partial charge in [0.15, 0.2) is 12.1 Å². The van der Waals surface area contributed by atoms with E-state index in [1.54, 1.807) is 4.90 Å². The van der Waals surface area contributed by atoms with E-state index < -0.39 is 6.17 Å². The molecule has 7 heteroatoms. The van der Waals surface area contributed by atoms with E-state index in [-0.39, 0.29) is 17.7 Å². The van der Waals surface area contributed by atoms with Gasteiger partial charge in [0.05, 0.1) is 6.20 Å². The van der Waals surface area contributed by atoms with Crippen molar-refractivity contribution in [2.45, 2.75) is 13.1 Å². The van der Waals surface area contributed by atoms with E-state index in [4.69, 9.17) is 5.73 Å². The molecular formula is C8H13N5O2. The van der Waals surface area contributed by atoms with Crippen molar-refractivity contribution in [3.05, 3.63) is 23.7 Å². The maximum Gasteiger partial charge on any atom is 0.215 e. The molecule has 0 aromatic heterocycles. The van der Waals surface area contributed by atoms with Gasteiger partial charge < -0.3 is 26.2 Å². The molecular weight excluding hydrogens is 198 g/mol. The smallest absolute Gasteiger partial charge is 0.215 e. The minimum absolute atomic E-state index is 0.0351. The van der Waals surface area contributed by atoms with Crippen LogP contribution in [0.3, 0.4) is 0 Å². The predicted octanol–water partition coefficient (Wildman–Crippen LogP) is -0.760. The molecule has 1 unspecified atom stereocenters. The number of hydrogen-bond acceptors (Lipinski definition) is 7. The van der Waals surface area contributed by atoms with E-state index >= 15 is 0 Å². The Bertz CT molecular complexity index is 373. The monoisotopic (exact) mass is 211 g/mol. The number of aliphatic imine (C=N–C) groups is 1. The summed E-state index contributed by atoms with van der Waals surface area (Å²) in [6.45, 7) is 2.56. The van der Waals surface area contributed by atoms with Crippen molar-refractivity contribution in [2.75, 3.05) is 6.54 Å². The van der Waals surface area contributed by atoms with Crippen LogP contribution in [0.25, 0.3) is 0 Å². The van der Waals surface area contributed by atoms with E-state index in [0.717, 1.165) is 0 Å². The Morgan fingerprint density at radius 3 is 2.93 bits per heavy atom. The fourth-order valence-electron chi connectivity index (χ4n) is 1.57. The first-order chi connectivity index (χ1) is 7.11. The molecule has 2 aliphatic heterocycles. The van der Waals surface area contributed by atoms with Gasteiger partial charge in [-0.05, 0) is 6.92 Å². The molecule has 0 saturated heterocycles. The Morgan fingerprint density at radius 2 is 2.27 bits per heavy atom. The van der Waals surface area contributed by atoms with Crippen LogP contribution in [0.2, 0.25) is 0 Å². The van der Waals surface area contributed by atoms with Crippen molar-refractivity contribution in [1.29, 1.82) is 0 Å². The van der Waals surface area contributed by atoms with Crippen molar-refractivity contribution >= 4 is 5.96 Å². The first-order valence-electron chi connectivity index (χ1n) is 4.58. The van der Waals surface area contributed by atoms with Gasteiger partial charge in [0, 0.05) is 6.54 Å². The van der Waals surface area contributed by atoms with E-state index in [1.807, 2.05) is 6.92 Å². The third-order valence-electron chi connectivity index (χ3n) is 2.25. The number of aliphatic hydroxyl groups excluding tert-OH is 2. The molecule has 0 saturated carbocycles. The molecule has 0 aromatic carbocycles. The average molecular weight is 211 g/mol. The normalized spacial score (nSPS) is 24.9. The lowest BCUT2D eigenvalue weighted by Crippen LogP contribution is -2.49. The number of likely N-dealkylation sites (N-methyl/N-ethyl adjacent to an activating group) is 1. The third-order valence-corrected chi connectivity index (χ3v) is 2.25. The van der Waals surface area contributed by atoms with E-state index in [1.165, 1.54) is 6.20 Å². The molecule has 2 aliphatic rings. The van der Waals surface area contributed by atoms with Gasteiger partial charge in [-0.25, -0.2) is 4.99 Å². The maximum atomic E-state index is 9.59. The van der Waals surface area contributed by atoms with E-state index in [0.29, 0.717) is 12.2 Å². The highest BCUT2D eigenvalue weighted by Crippen LogP contribution is 2.20. The fraction of sp³-hybridized carbons (Fsp3) is 0.375. The number of fused-ring (bicyclic) bond motifs is 1. The average Bonchev–Trinajstić information content (AvgIpc) is 2.18. The molecule has 15 heavy (non-hydrogen) atoms. The number of aliphatic hydroxyl groups is 2. The summed E-state index contributed by atoms with van der Waals surface area (Å²) in [6.07, 6.45) is 1.11. The Labute approximate surface area is 86.6 Å². The van der Waals surface area contributed by atoms with E-state index in [2.05, 4.69) is 15.6 Å². The molecule has 2 rings (SSSR count). The van der Waals surface area contributed by atoms with Gasteiger partial charge in [-0.2, -0.15) is 0 Å². The standard InChI is InChI=1S/C8H13N5O2/c1-2-13-3-4(14)10-5-6(13)11-8(9)12-7(5)15/h3,6,10,14-15H,2H2,1H3,(H3,9,11,12). The van der Waals surface area contributed by atoms with Crippen LogP contribution in [0, 0.1) is 0 Å². The number of guanidine groups is 1. The van der Waals surface area contributed by atoms with Crippen molar-refractivity contribution < 1.29 is 10.2 Å². The molecule has 0 amide bonds. The summed E-state index contributed by atoms with van der Waals surface area (Å²) in [5, 5.41) is 24.1. The summed E-state index contributed by atoms with van der Waals surface area (Å²) in [6, 6.07) is 0. The molecule has 1 atom stereocenters. The summed E-state index contributed by atoms with van der Waals surface area (Å²) in [7, 11) is 0. The van der Waals surface area contributed by atoms with Crippen molar-refractivity contribution in [3.8, 4) is 0 Å². The van der Waals surface area contributed by atoms with Crippen LogP contribution in [0.15, 0.2) is 28.7 Å². The Kier molecular flexibility index (Phi) is 2.07. The van der Waals surface area contributed by atoms with Crippen LogP contribution in [0.4, 0.5) is 0 Å². The van der Waals surface area contributed by atoms with Gasteiger partial charge in [0.2, 0.25) is 11.8 Å². The first kappa shape index (κ1) is 9.50. The van der Waals surface area contributed by atoms with Crippen molar-refractivity contribution in [1.82, 2.24) is 15.5 Å². The third kappa shape index (κ3) is 1.51. The molecule has 0 spiro atoms. The molecule has 0 aliphatic carbocycles. The second kappa shape index (κ2) is 3.26. The predicted molar refractivity (Wildman–Crippen MR) is 54.4 cm³/mol. The second-order valence-corrected chi connectivity index (χ2v) is 3.25. The van der Waals surface area contributed by atoms with Crippen LogP contribution in [-0.4, -0.2) is 33.8 Å². The summed E-state index contributed by atoms with van der Waals surface area (Å²) in [4.78, 5) is 5.87. The van der Waals surface area contributed by atoms with Gasteiger partial charge in [-0.15, -0.1) is 0 Å². The SMILES string of the molecule is CCN1C=C(O)NC2=C(O)NC(N)=NC21. The number of nitrogens with two attached hydrogens (primary N) is 1. The maximum absolute atomic E-state index is 9.59. The lowest BCUT2D eigenvalue weighted by atomic mass is 10.2. The molecule has 0 fully saturated rings. The zero-order valence-corrected chi connectivity index (χ0v) is 8.23. The number of nitrogens with zero attached hydrogens (tertiary/aromatic N) is 2. The topological polar surface area (TPSA) is 106 Å². The Balaban J connectivity index is 2.39. The van der Waals surface area contributed by atoms with Crippen LogP contribution < -0.4 is 16.4 Å². The summed E-state index contributed by atoms with van der Waals surface area (Å²) < 4.78 is 0. The molecule has 2 heterocycles. The largest absolute Gasteiger partial charge is 0.494 e. The van der Waals surface area contributed by atoms with Crippen molar-refractivity contribution in [2.24, 2.45) is 10.7 Å². The van der Waals surface area contributed by atoms with Crippen LogP contribution in [-0.2, 0) is 0 Å². The van der Waals surface area contributed by atoms with Gasteiger partial charge in [0.1, 0.15) is 5.70 Å². The van der Waals surface area contributed by atoms with Crippen LogP contribution in [0.5, 0.6) is 0 Å². The summed E-state index contributed by atoms with van der Waals surface area (Å²) >= 11 is 0. The van der Waals surface area contributed by atoms with Gasteiger partial charge in [-0.3, -0.25) is 5.32 Å². The zero-order chi connectivity index (χ0) is 11.0. The first-order valence-corrected chi connectivity index (χ1v) is 4.58. The summed E-state index contributed by atoms with van der Waals surface area (Å²) in [5.41, 5.74) is 5.89. The van der Waals surface area contributed by atoms with Gasteiger partial charge in [-0.1, -0.05) is 0 Å². The lowest BCUT2D eigenvalue weighted by molar-refractivity contribution is 0.232. The molecule has 0 aromatic rings. The highest BCUT2D eigenvalue weighted by molar-refractivity contribution is 5.81.